The molecule has 0 saturated carbocycles. The molecule has 1 atom stereocenters. The Bertz CT molecular complexity index is 538. The second kappa shape index (κ2) is 6.27. The molecule has 0 bridgehead atoms. The van der Waals surface area contributed by atoms with E-state index in [1.54, 1.807) is 18.3 Å². The van der Waals surface area contributed by atoms with Crippen LogP contribution in [0.15, 0.2) is 34.9 Å². The van der Waals surface area contributed by atoms with Crippen LogP contribution in [0.2, 0.25) is 0 Å². The van der Waals surface area contributed by atoms with Gasteiger partial charge in [-0.05, 0) is 40.0 Å². The first-order chi connectivity index (χ1) is 9.17. The molecule has 0 aliphatic heterocycles. The average Bonchev–Trinajstić information content (AvgIpc) is 2.76. The highest BCUT2D eigenvalue weighted by molar-refractivity contribution is 9.10. The first-order valence-corrected chi connectivity index (χ1v) is 6.89. The molecule has 19 heavy (non-hydrogen) atoms. The van der Waals surface area contributed by atoms with Crippen LogP contribution in [0, 0.1) is 5.82 Å². The van der Waals surface area contributed by atoms with Crippen LogP contribution in [0.4, 0.5) is 4.39 Å². The summed E-state index contributed by atoms with van der Waals surface area (Å²) in [5.41, 5.74) is 4.60. The molecule has 3 N–H and O–H groups in total. The summed E-state index contributed by atoms with van der Waals surface area (Å²) in [6.07, 6.45) is 2.72. The highest BCUT2D eigenvalue weighted by atomic mass is 79.9. The lowest BCUT2D eigenvalue weighted by Crippen LogP contribution is -2.31. The molecular formula is C13H16BrFN4. The number of aryl methyl sites for hydroxylation is 1. The van der Waals surface area contributed by atoms with Gasteiger partial charge in [0.1, 0.15) is 5.82 Å². The van der Waals surface area contributed by atoms with Gasteiger partial charge in [0, 0.05) is 6.54 Å². The van der Waals surface area contributed by atoms with Gasteiger partial charge in [-0.15, -0.1) is 0 Å². The normalized spacial score (nSPS) is 12.6. The predicted molar refractivity (Wildman–Crippen MR) is 75.8 cm³/mol. The molecule has 0 aliphatic rings. The van der Waals surface area contributed by atoms with Crippen molar-refractivity contribution < 1.29 is 4.39 Å². The topological polar surface area (TPSA) is 55.9 Å². The van der Waals surface area contributed by atoms with Crippen LogP contribution in [0.25, 0.3) is 0 Å². The molecular weight excluding hydrogens is 311 g/mol. The standard InChI is InChI=1S/C13H16BrFN4/c1-2-7-19-13(11(14)8-17-19)12(18-16)9-3-5-10(15)6-4-9/h3-6,8,12,18H,2,7,16H2,1H3. The van der Waals surface area contributed by atoms with Gasteiger partial charge in [0.15, 0.2) is 0 Å². The van der Waals surface area contributed by atoms with Crippen molar-refractivity contribution in [3.8, 4) is 0 Å². The van der Waals surface area contributed by atoms with Gasteiger partial charge in [-0.25, -0.2) is 9.82 Å². The SMILES string of the molecule is CCCn1ncc(Br)c1C(NN)c1ccc(F)cc1. The summed E-state index contributed by atoms with van der Waals surface area (Å²) in [5.74, 6) is 5.40. The van der Waals surface area contributed by atoms with E-state index in [-0.39, 0.29) is 11.9 Å². The van der Waals surface area contributed by atoms with Crippen molar-refractivity contribution >= 4 is 15.9 Å². The number of hydrazine groups is 1. The maximum atomic E-state index is 13.0. The van der Waals surface area contributed by atoms with E-state index < -0.39 is 0 Å². The molecule has 2 rings (SSSR count). The minimum atomic E-state index is -0.263. The van der Waals surface area contributed by atoms with E-state index in [1.807, 2.05) is 4.68 Å². The molecule has 1 heterocycles. The summed E-state index contributed by atoms with van der Waals surface area (Å²) >= 11 is 3.49. The van der Waals surface area contributed by atoms with E-state index in [4.69, 9.17) is 5.84 Å². The smallest absolute Gasteiger partial charge is 0.123 e. The summed E-state index contributed by atoms with van der Waals surface area (Å²) in [6.45, 7) is 2.89. The number of nitrogens with two attached hydrogens (primary N) is 1. The molecule has 6 heteroatoms. The molecule has 4 nitrogen and oxygen atoms in total. The Kier molecular flexibility index (Phi) is 4.68. The Morgan fingerprint density at radius 1 is 1.42 bits per heavy atom. The molecule has 0 aliphatic carbocycles. The van der Waals surface area contributed by atoms with E-state index in [0.717, 1.165) is 28.7 Å². The molecule has 1 aromatic carbocycles. The number of halogens is 2. The van der Waals surface area contributed by atoms with Crippen molar-refractivity contribution in [3.63, 3.8) is 0 Å². The zero-order valence-corrected chi connectivity index (χ0v) is 12.2. The lowest BCUT2D eigenvalue weighted by molar-refractivity contribution is 0.519. The molecule has 0 spiro atoms. The zero-order valence-electron chi connectivity index (χ0n) is 10.6. The van der Waals surface area contributed by atoms with Crippen LogP contribution in [-0.2, 0) is 6.54 Å². The van der Waals surface area contributed by atoms with Crippen LogP contribution >= 0.6 is 15.9 Å². The maximum absolute atomic E-state index is 13.0. The van der Waals surface area contributed by atoms with E-state index in [2.05, 4.69) is 33.4 Å². The first-order valence-electron chi connectivity index (χ1n) is 6.10. The predicted octanol–water partition coefficient (Wildman–Crippen LogP) is 2.75. The Morgan fingerprint density at radius 2 is 2.11 bits per heavy atom. The minimum Gasteiger partial charge on any atom is -0.271 e. The van der Waals surface area contributed by atoms with Crippen LogP contribution in [0.5, 0.6) is 0 Å². The number of hydrogen-bond acceptors (Lipinski definition) is 3. The fraction of sp³-hybridized carbons (Fsp3) is 0.308. The highest BCUT2D eigenvalue weighted by Gasteiger charge is 2.20. The average molecular weight is 327 g/mol. The number of aromatic nitrogens is 2. The molecule has 102 valence electrons. The zero-order chi connectivity index (χ0) is 13.8. The number of hydrogen-bond donors (Lipinski definition) is 2. The number of nitrogens with one attached hydrogen (secondary N) is 1. The summed E-state index contributed by atoms with van der Waals surface area (Å²) in [5, 5.41) is 4.32. The van der Waals surface area contributed by atoms with Gasteiger partial charge in [-0.3, -0.25) is 10.5 Å². The first kappa shape index (κ1) is 14.2. The monoisotopic (exact) mass is 326 g/mol. The van der Waals surface area contributed by atoms with Crippen molar-refractivity contribution in [2.45, 2.75) is 25.9 Å². The van der Waals surface area contributed by atoms with Crippen molar-refractivity contribution in [1.82, 2.24) is 15.2 Å². The lowest BCUT2D eigenvalue weighted by atomic mass is 10.0. The van der Waals surface area contributed by atoms with E-state index >= 15 is 0 Å². The third-order valence-corrected chi connectivity index (χ3v) is 3.52. The summed E-state index contributed by atoms with van der Waals surface area (Å²) in [4.78, 5) is 0. The van der Waals surface area contributed by atoms with Gasteiger partial charge < -0.3 is 0 Å². The number of benzene rings is 1. The highest BCUT2D eigenvalue weighted by Crippen LogP contribution is 2.28. The maximum Gasteiger partial charge on any atom is 0.123 e. The molecule has 1 aromatic heterocycles. The second-order valence-electron chi connectivity index (χ2n) is 4.25. The summed E-state index contributed by atoms with van der Waals surface area (Å²) < 4.78 is 15.8. The van der Waals surface area contributed by atoms with E-state index in [1.165, 1.54) is 12.1 Å². The Morgan fingerprint density at radius 3 is 2.68 bits per heavy atom. The Labute approximate surface area is 119 Å². The van der Waals surface area contributed by atoms with Crippen LogP contribution < -0.4 is 11.3 Å². The van der Waals surface area contributed by atoms with Gasteiger partial charge in [0.2, 0.25) is 0 Å². The third-order valence-electron chi connectivity index (χ3n) is 2.91. The quantitative estimate of drug-likeness (QED) is 0.656. The lowest BCUT2D eigenvalue weighted by Gasteiger charge is -2.19. The molecule has 1 unspecified atom stereocenters. The van der Waals surface area contributed by atoms with Gasteiger partial charge in [-0.1, -0.05) is 19.1 Å². The van der Waals surface area contributed by atoms with Crippen LogP contribution in [-0.4, -0.2) is 9.78 Å². The summed E-state index contributed by atoms with van der Waals surface area (Å²) in [7, 11) is 0. The molecule has 0 fully saturated rings. The largest absolute Gasteiger partial charge is 0.271 e. The van der Waals surface area contributed by atoms with Crippen molar-refractivity contribution in [3.05, 3.63) is 52.0 Å². The Balaban J connectivity index is 2.41. The van der Waals surface area contributed by atoms with Gasteiger partial charge >= 0.3 is 0 Å². The van der Waals surface area contributed by atoms with Crippen molar-refractivity contribution in [2.24, 2.45) is 5.84 Å². The van der Waals surface area contributed by atoms with Crippen molar-refractivity contribution in [1.29, 1.82) is 0 Å². The Hall–Kier alpha value is -1.24. The summed E-state index contributed by atoms with van der Waals surface area (Å²) in [6, 6.07) is 6.05. The fourth-order valence-corrected chi connectivity index (χ4v) is 2.56. The van der Waals surface area contributed by atoms with Gasteiger partial charge in [0.25, 0.3) is 0 Å². The molecule has 0 saturated heterocycles. The van der Waals surface area contributed by atoms with Gasteiger partial charge in [-0.2, -0.15) is 5.10 Å². The van der Waals surface area contributed by atoms with E-state index in [0.29, 0.717) is 0 Å². The molecule has 0 radical (unpaired) electrons. The molecule has 0 amide bonds. The number of nitrogens with zero attached hydrogens (tertiary/aromatic N) is 2. The van der Waals surface area contributed by atoms with Gasteiger partial charge in [0.05, 0.1) is 22.4 Å². The van der Waals surface area contributed by atoms with Crippen molar-refractivity contribution in [2.75, 3.05) is 0 Å². The minimum absolute atomic E-state index is 0.232. The number of rotatable bonds is 5. The second-order valence-corrected chi connectivity index (χ2v) is 5.11. The van der Waals surface area contributed by atoms with Crippen LogP contribution in [0.3, 0.4) is 0 Å². The fourth-order valence-electron chi connectivity index (χ4n) is 2.04. The van der Waals surface area contributed by atoms with Crippen LogP contribution in [0.1, 0.15) is 30.6 Å². The molecule has 2 aromatic rings. The van der Waals surface area contributed by atoms with E-state index in [9.17, 15) is 4.39 Å². The third kappa shape index (κ3) is 3.02.